The van der Waals surface area contributed by atoms with E-state index < -0.39 is 23.7 Å². The highest BCUT2D eigenvalue weighted by Crippen LogP contribution is 2.41. The number of nitrogens with zero attached hydrogens (tertiary/aromatic N) is 1. The van der Waals surface area contributed by atoms with Crippen LogP contribution in [0.3, 0.4) is 0 Å². The Morgan fingerprint density at radius 3 is 2.34 bits per heavy atom. The summed E-state index contributed by atoms with van der Waals surface area (Å²) >= 11 is 0. The summed E-state index contributed by atoms with van der Waals surface area (Å²) in [7, 11) is 1.29. The fourth-order valence-electron chi connectivity index (χ4n) is 4.47. The van der Waals surface area contributed by atoms with Crippen molar-refractivity contribution in [1.82, 2.24) is 4.90 Å². The van der Waals surface area contributed by atoms with Crippen molar-refractivity contribution < 1.29 is 34.1 Å². The molecule has 196 valence electrons. The van der Waals surface area contributed by atoms with Crippen molar-refractivity contribution in [1.29, 1.82) is 0 Å². The number of carbonyl (C=O) groups is 3. The standard InChI is InChI=1S/C30H29NO7/c1-4-14-38-24-13-12-22(15-18(24)2)27(33)25-26(21-6-5-7-23(32)16-21)31(29(35)28(25)34)17-19-8-10-20(11-9-19)30(36)37-3/h5-13,15-16,26,32-33H,4,14,17H2,1-3H3/b27-25-. The second-order valence-electron chi connectivity index (χ2n) is 9.04. The molecule has 0 radical (unpaired) electrons. The maximum Gasteiger partial charge on any atom is 0.337 e. The van der Waals surface area contributed by atoms with Crippen LogP contribution in [0.25, 0.3) is 5.76 Å². The molecule has 1 aliphatic heterocycles. The second kappa shape index (κ2) is 11.2. The number of rotatable bonds is 8. The number of ether oxygens (including phenoxy) is 2. The van der Waals surface area contributed by atoms with Crippen LogP contribution in [0.15, 0.2) is 72.3 Å². The number of aliphatic hydroxyl groups excluding tert-OH is 1. The topological polar surface area (TPSA) is 113 Å². The maximum absolute atomic E-state index is 13.3. The number of phenolic OH excluding ortho intramolecular Hbond substituents is 1. The summed E-state index contributed by atoms with van der Waals surface area (Å²) in [5.74, 6) is -1.78. The number of phenols is 1. The molecular formula is C30H29NO7. The Balaban J connectivity index is 1.77. The lowest BCUT2D eigenvalue weighted by Crippen LogP contribution is -2.29. The number of carbonyl (C=O) groups excluding carboxylic acids is 3. The van der Waals surface area contributed by atoms with E-state index in [4.69, 9.17) is 9.47 Å². The quantitative estimate of drug-likeness (QED) is 0.190. The highest BCUT2D eigenvalue weighted by Gasteiger charge is 2.46. The average molecular weight is 516 g/mol. The Labute approximate surface area is 220 Å². The lowest BCUT2D eigenvalue weighted by molar-refractivity contribution is -0.140. The van der Waals surface area contributed by atoms with Crippen LogP contribution in [-0.4, -0.2) is 46.5 Å². The molecule has 0 aromatic heterocycles. The van der Waals surface area contributed by atoms with E-state index in [0.717, 1.165) is 12.0 Å². The van der Waals surface area contributed by atoms with E-state index in [1.807, 2.05) is 13.8 Å². The van der Waals surface area contributed by atoms with Crippen molar-refractivity contribution >= 4 is 23.4 Å². The zero-order chi connectivity index (χ0) is 27.4. The molecule has 1 atom stereocenters. The van der Waals surface area contributed by atoms with Crippen molar-refractivity contribution in [2.45, 2.75) is 32.9 Å². The lowest BCUT2D eigenvalue weighted by Gasteiger charge is -2.25. The molecule has 0 aliphatic carbocycles. The van der Waals surface area contributed by atoms with E-state index >= 15 is 0 Å². The minimum absolute atomic E-state index is 0.0337. The molecule has 8 nitrogen and oxygen atoms in total. The molecule has 1 heterocycles. The number of hydrogen-bond acceptors (Lipinski definition) is 7. The number of hydrogen-bond donors (Lipinski definition) is 2. The van der Waals surface area contributed by atoms with Crippen molar-refractivity contribution in [3.63, 3.8) is 0 Å². The number of aryl methyl sites for hydroxylation is 1. The van der Waals surface area contributed by atoms with Crippen molar-refractivity contribution in [3.8, 4) is 11.5 Å². The van der Waals surface area contributed by atoms with Crippen LogP contribution in [0.4, 0.5) is 0 Å². The van der Waals surface area contributed by atoms with E-state index in [1.54, 1.807) is 54.6 Å². The third kappa shape index (κ3) is 5.25. The highest BCUT2D eigenvalue weighted by molar-refractivity contribution is 6.46. The van der Waals surface area contributed by atoms with Gasteiger partial charge >= 0.3 is 5.97 Å². The van der Waals surface area contributed by atoms with Crippen LogP contribution >= 0.6 is 0 Å². The van der Waals surface area contributed by atoms with Gasteiger partial charge in [0, 0.05) is 12.1 Å². The number of aliphatic hydroxyl groups is 1. The Bertz CT molecular complexity index is 1410. The molecule has 38 heavy (non-hydrogen) atoms. The predicted molar refractivity (Wildman–Crippen MR) is 141 cm³/mol. The smallest absolute Gasteiger partial charge is 0.337 e. The first-order valence-electron chi connectivity index (χ1n) is 12.2. The van der Waals surface area contributed by atoms with Crippen LogP contribution in [0.2, 0.25) is 0 Å². The summed E-state index contributed by atoms with van der Waals surface area (Å²) in [5.41, 5.74) is 2.56. The van der Waals surface area contributed by atoms with Crippen LogP contribution in [0.5, 0.6) is 11.5 Å². The number of likely N-dealkylation sites (tertiary alicyclic amines) is 1. The summed E-state index contributed by atoms with van der Waals surface area (Å²) in [5, 5.41) is 21.5. The molecule has 1 saturated heterocycles. The summed E-state index contributed by atoms with van der Waals surface area (Å²) < 4.78 is 10.4. The van der Waals surface area contributed by atoms with Crippen molar-refractivity contribution in [3.05, 3.63) is 100 Å². The molecule has 2 N–H and O–H groups in total. The molecule has 0 saturated carbocycles. The molecule has 1 aliphatic rings. The second-order valence-corrected chi connectivity index (χ2v) is 9.04. The van der Waals surface area contributed by atoms with Gasteiger partial charge in [-0.1, -0.05) is 31.2 Å². The zero-order valence-corrected chi connectivity index (χ0v) is 21.4. The van der Waals surface area contributed by atoms with Gasteiger partial charge < -0.3 is 24.6 Å². The van der Waals surface area contributed by atoms with Gasteiger partial charge in [0.25, 0.3) is 11.7 Å². The molecule has 3 aromatic rings. The number of Topliss-reactive ketones (excluding diaryl/α,β-unsaturated/α-hetero) is 1. The first-order valence-corrected chi connectivity index (χ1v) is 12.2. The number of aromatic hydroxyl groups is 1. The Kier molecular flexibility index (Phi) is 7.81. The summed E-state index contributed by atoms with van der Waals surface area (Å²) in [6.45, 7) is 4.43. The van der Waals surface area contributed by atoms with E-state index in [1.165, 1.54) is 24.1 Å². The van der Waals surface area contributed by atoms with Gasteiger partial charge in [-0.15, -0.1) is 0 Å². The fourth-order valence-corrected chi connectivity index (χ4v) is 4.47. The molecule has 1 amide bonds. The minimum atomic E-state index is -0.946. The van der Waals surface area contributed by atoms with Crippen molar-refractivity contribution in [2.24, 2.45) is 0 Å². The largest absolute Gasteiger partial charge is 0.508 e. The van der Waals surface area contributed by atoms with Crippen LogP contribution in [-0.2, 0) is 20.9 Å². The van der Waals surface area contributed by atoms with Gasteiger partial charge in [0.2, 0.25) is 0 Å². The number of methoxy groups -OCH3 is 1. The van der Waals surface area contributed by atoms with E-state index in [9.17, 15) is 24.6 Å². The van der Waals surface area contributed by atoms with E-state index in [-0.39, 0.29) is 23.6 Å². The molecule has 0 bridgehead atoms. The molecule has 1 unspecified atom stereocenters. The molecule has 1 fully saturated rings. The van der Waals surface area contributed by atoms with Crippen LogP contribution < -0.4 is 4.74 Å². The van der Waals surface area contributed by atoms with Gasteiger partial charge in [-0.3, -0.25) is 9.59 Å². The third-order valence-electron chi connectivity index (χ3n) is 6.36. The normalized spacial score (nSPS) is 16.5. The lowest BCUT2D eigenvalue weighted by atomic mass is 9.94. The molecular weight excluding hydrogens is 486 g/mol. The summed E-state index contributed by atoms with van der Waals surface area (Å²) in [4.78, 5) is 39.7. The van der Waals surface area contributed by atoms with Crippen LogP contribution in [0, 0.1) is 6.92 Å². The Hall–Kier alpha value is -4.59. The average Bonchev–Trinajstić information content (AvgIpc) is 3.16. The maximum atomic E-state index is 13.3. The Morgan fingerprint density at radius 1 is 1.00 bits per heavy atom. The summed E-state index contributed by atoms with van der Waals surface area (Å²) in [6.07, 6.45) is 0.847. The van der Waals surface area contributed by atoms with Crippen molar-refractivity contribution in [2.75, 3.05) is 13.7 Å². The minimum Gasteiger partial charge on any atom is -0.508 e. The molecule has 8 heteroatoms. The molecule has 3 aromatic carbocycles. The van der Waals surface area contributed by atoms with Crippen LogP contribution in [0.1, 0.15) is 52.0 Å². The number of esters is 1. The van der Waals surface area contributed by atoms with Gasteiger partial charge in [-0.25, -0.2) is 4.79 Å². The molecule has 4 rings (SSSR count). The van der Waals surface area contributed by atoms with Gasteiger partial charge in [0.05, 0.1) is 30.9 Å². The number of amides is 1. The van der Waals surface area contributed by atoms with Gasteiger partial charge in [0.15, 0.2) is 0 Å². The fraction of sp³-hybridized carbons (Fsp3) is 0.233. The first kappa shape index (κ1) is 26.5. The Morgan fingerprint density at radius 2 is 1.71 bits per heavy atom. The number of ketones is 1. The summed E-state index contributed by atoms with van der Waals surface area (Å²) in [6, 6.07) is 16.9. The van der Waals surface area contributed by atoms with Gasteiger partial charge in [-0.2, -0.15) is 0 Å². The SMILES string of the molecule is CCCOc1ccc(/C(O)=C2/C(=O)C(=O)N(Cc3ccc(C(=O)OC)cc3)C2c2cccc(O)c2)cc1C. The van der Waals surface area contributed by atoms with Gasteiger partial charge in [0.1, 0.15) is 17.3 Å². The third-order valence-corrected chi connectivity index (χ3v) is 6.36. The van der Waals surface area contributed by atoms with E-state index in [2.05, 4.69) is 0 Å². The highest BCUT2D eigenvalue weighted by atomic mass is 16.5. The van der Waals surface area contributed by atoms with E-state index in [0.29, 0.717) is 34.6 Å². The monoisotopic (exact) mass is 515 g/mol. The first-order chi connectivity index (χ1) is 18.2. The zero-order valence-electron chi connectivity index (χ0n) is 21.4. The van der Waals surface area contributed by atoms with Gasteiger partial charge in [-0.05, 0) is 72.5 Å². The number of benzene rings is 3. The molecule has 0 spiro atoms. The predicted octanol–water partition coefficient (Wildman–Crippen LogP) is 4.90.